The molecular formula is C51H68O5S2. The lowest BCUT2D eigenvalue weighted by Gasteiger charge is -2.31. The van der Waals surface area contributed by atoms with Crippen molar-refractivity contribution in [3.8, 4) is 55.0 Å². The summed E-state index contributed by atoms with van der Waals surface area (Å²) in [6.45, 7) is 11.9. The van der Waals surface area contributed by atoms with Crippen LogP contribution in [-0.4, -0.2) is 32.2 Å². The molecule has 0 amide bonds. The van der Waals surface area contributed by atoms with Crippen LogP contribution in [0.15, 0.2) is 47.2 Å². The van der Waals surface area contributed by atoms with Crippen molar-refractivity contribution in [2.24, 2.45) is 10.8 Å². The average Bonchev–Trinajstić information content (AvgIpc) is 3.85. The number of hydrogen-bond acceptors (Lipinski definition) is 7. The fraction of sp³-hybridized carbons (Fsp3) is 0.588. The first-order valence-corrected chi connectivity index (χ1v) is 24.8. The van der Waals surface area contributed by atoms with Crippen LogP contribution >= 0.6 is 22.7 Å². The number of benzene rings is 2. The summed E-state index contributed by atoms with van der Waals surface area (Å²) in [4.78, 5) is 16.4. The Balaban J connectivity index is 1.07. The molecule has 7 heteroatoms. The number of carbonyl (C=O) groups excluding carboxylic acids is 1. The molecule has 0 fully saturated rings. The number of thiophene rings is 2. The monoisotopic (exact) mass is 824 g/mol. The summed E-state index contributed by atoms with van der Waals surface area (Å²) in [6, 6.07) is 12.7. The van der Waals surface area contributed by atoms with Gasteiger partial charge in [0, 0.05) is 32.7 Å². The van der Waals surface area contributed by atoms with Gasteiger partial charge in [-0.1, -0.05) is 155 Å². The molecule has 3 aliphatic rings. The molecular weight excluding hydrogens is 757 g/mol. The maximum absolute atomic E-state index is 14.3. The van der Waals surface area contributed by atoms with Gasteiger partial charge >= 0.3 is 0 Å². The Bertz CT molecular complexity index is 1790. The van der Waals surface area contributed by atoms with Gasteiger partial charge in [0.2, 0.25) is 0 Å². The molecule has 0 bridgehead atoms. The molecule has 58 heavy (non-hydrogen) atoms. The van der Waals surface area contributed by atoms with E-state index in [9.17, 15) is 4.79 Å². The molecule has 7 rings (SSSR count). The highest BCUT2D eigenvalue weighted by molar-refractivity contribution is 7.14. The smallest absolute Gasteiger partial charge is 0.194 e. The van der Waals surface area contributed by atoms with Crippen LogP contribution in [0.1, 0.15) is 172 Å². The molecule has 0 N–H and O–H groups in total. The Morgan fingerprint density at radius 3 is 1.19 bits per heavy atom. The molecule has 0 saturated carbocycles. The van der Waals surface area contributed by atoms with Gasteiger partial charge in [0.05, 0.1) is 36.2 Å². The molecule has 1 aliphatic carbocycles. The molecule has 2 aromatic heterocycles. The molecule has 5 nitrogen and oxygen atoms in total. The third kappa shape index (κ3) is 9.67. The van der Waals surface area contributed by atoms with Crippen molar-refractivity contribution < 1.29 is 23.7 Å². The Morgan fingerprint density at radius 1 is 0.466 bits per heavy atom. The minimum Gasteiger partial charge on any atom is -0.488 e. The molecule has 4 aromatic rings. The molecule has 314 valence electrons. The third-order valence-electron chi connectivity index (χ3n) is 13.1. The lowest BCUT2D eigenvalue weighted by molar-refractivity contribution is 0.0784. The number of fused-ring (bicyclic) bond motifs is 5. The summed E-state index contributed by atoms with van der Waals surface area (Å²) in [5.41, 5.74) is 5.58. The van der Waals surface area contributed by atoms with Crippen molar-refractivity contribution in [3.63, 3.8) is 0 Å². The number of ether oxygens (including phenoxy) is 4. The highest BCUT2D eigenvalue weighted by Crippen LogP contribution is 2.52. The van der Waals surface area contributed by atoms with E-state index in [2.05, 4.69) is 74.9 Å². The molecule has 0 spiro atoms. The quantitative estimate of drug-likeness (QED) is 0.0651. The van der Waals surface area contributed by atoms with E-state index in [4.69, 9.17) is 18.9 Å². The van der Waals surface area contributed by atoms with Crippen LogP contribution < -0.4 is 18.9 Å². The van der Waals surface area contributed by atoms with Crippen molar-refractivity contribution in [1.82, 2.24) is 0 Å². The SMILES string of the molecule is CCCCCCC1(CCCCCC)COc2csc(-c3ccc4c(c3)C(=O)c3cc(-c5scc6c5OCC(CCCCCC)(CCCCCC)CO6)ccc3-4)c2OC1. The lowest BCUT2D eigenvalue weighted by atomic mass is 9.79. The summed E-state index contributed by atoms with van der Waals surface area (Å²) < 4.78 is 26.8. The van der Waals surface area contributed by atoms with Crippen LogP contribution in [0.2, 0.25) is 0 Å². The summed E-state index contributed by atoms with van der Waals surface area (Å²) in [7, 11) is 0. The molecule has 0 saturated heterocycles. The zero-order chi connectivity index (χ0) is 40.4. The summed E-state index contributed by atoms with van der Waals surface area (Å²) >= 11 is 3.30. The Kier molecular flexibility index (Phi) is 15.0. The van der Waals surface area contributed by atoms with Crippen molar-refractivity contribution in [2.75, 3.05) is 26.4 Å². The van der Waals surface area contributed by atoms with Crippen LogP contribution in [-0.2, 0) is 0 Å². The molecule has 0 atom stereocenters. The lowest BCUT2D eigenvalue weighted by Crippen LogP contribution is -2.33. The molecule has 2 aromatic carbocycles. The van der Waals surface area contributed by atoms with E-state index >= 15 is 0 Å². The van der Waals surface area contributed by atoms with E-state index in [0.717, 1.165) is 91.8 Å². The predicted molar refractivity (Wildman–Crippen MR) is 244 cm³/mol. The highest BCUT2D eigenvalue weighted by Gasteiger charge is 2.38. The van der Waals surface area contributed by atoms with Gasteiger partial charge in [0.15, 0.2) is 28.8 Å². The highest BCUT2D eigenvalue weighted by atomic mass is 32.1. The fourth-order valence-electron chi connectivity index (χ4n) is 9.43. The van der Waals surface area contributed by atoms with Crippen LogP contribution in [0, 0.1) is 10.8 Å². The minimum atomic E-state index is 0.0341. The summed E-state index contributed by atoms with van der Waals surface area (Å²) in [5, 5.41) is 4.20. The van der Waals surface area contributed by atoms with Crippen LogP contribution in [0.4, 0.5) is 0 Å². The first kappa shape index (κ1) is 42.8. The first-order chi connectivity index (χ1) is 28.4. The Morgan fingerprint density at radius 2 is 0.828 bits per heavy atom. The van der Waals surface area contributed by atoms with Gasteiger partial charge in [-0.05, 0) is 60.1 Å². The van der Waals surface area contributed by atoms with Gasteiger partial charge in [-0.25, -0.2) is 0 Å². The second-order valence-electron chi connectivity index (χ2n) is 17.8. The van der Waals surface area contributed by atoms with E-state index in [-0.39, 0.29) is 16.6 Å². The first-order valence-electron chi connectivity index (χ1n) is 23.0. The van der Waals surface area contributed by atoms with E-state index in [1.165, 1.54) is 103 Å². The van der Waals surface area contributed by atoms with E-state index in [1.54, 1.807) is 22.7 Å². The summed E-state index contributed by atoms with van der Waals surface area (Å²) in [6.07, 6.45) is 24.6. The second-order valence-corrected chi connectivity index (χ2v) is 19.5. The van der Waals surface area contributed by atoms with Gasteiger partial charge in [-0.2, -0.15) is 0 Å². The zero-order valence-electron chi connectivity index (χ0n) is 35.9. The van der Waals surface area contributed by atoms with E-state index in [0.29, 0.717) is 26.4 Å². The fourth-order valence-corrected chi connectivity index (χ4v) is 11.3. The van der Waals surface area contributed by atoms with Crippen molar-refractivity contribution in [1.29, 1.82) is 0 Å². The third-order valence-corrected chi connectivity index (χ3v) is 15.1. The topological polar surface area (TPSA) is 54.0 Å². The average molecular weight is 825 g/mol. The van der Waals surface area contributed by atoms with Crippen molar-refractivity contribution in [3.05, 3.63) is 58.3 Å². The summed E-state index contributed by atoms with van der Waals surface area (Å²) in [5.74, 6) is 3.44. The predicted octanol–water partition coefficient (Wildman–Crippen LogP) is 15.8. The standard InChI is InChI=1S/C51H68O5S2/c1-5-9-13-17-25-50(26-18-14-10-6-2)33-53-43-31-57-48(46(43)55-35-50)37-21-23-39-40-24-22-38(30-42(40)45(52)41(39)29-37)49-47-44(32-58-49)54-34-51(36-56-47,27-19-15-11-7-3)28-20-16-12-8-4/h21-24,29-32H,5-20,25-28,33-36H2,1-4H3. The van der Waals surface area contributed by atoms with Crippen LogP contribution in [0.25, 0.3) is 32.0 Å². The molecule has 0 unspecified atom stereocenters. The van der Waals surface area contributed by atoms with Gasteiger partial charge in [0.1, 0.15) is 0 Å². The van der Waals surface area contributed by atoms with Crippen molar-refractivity contribution >= 4 is 28.5 Å². The molecule has 0 radical (unpaired) electrons. The van der Waals surface area contributed by atoms with Crippen LogP contribution in [0.5, 0.6) is 23.0 Å². The number of carbonyl (C=O) groups is 1. The van der Waals surface area contributed by atoms with Gasteiger partial charge in [0.25, 0.3) is 0 Å². The normalized spacial score (nSPS) is 16.2. The molecule has 2 aliphatic heterocycles. The van der Waals surface area contributed by atoms with Crippen LogP contribution in [0.3, 0.4) is 0 Å². The van der Waals surface area contributed by atoms with E-state index < -0.39 is 0 Å². The Labute approximate surface area is 357 Å². The zero-order valence-corrected chi connectivity index (χ0v) is 37.6. The molecule has 4 heterocycles. The number of rotatable bonds is 22. The van der Waals surface area contributed by atoms with Gasteiger partial charge < -0.3 is 18.9 Å². The number of unbranched alkanes of at least 4 members (excludes halogenated alkanes) is 12. The van der Waals surface area contributed by atoms with Gasteiger partial charge in [-0.15, -0.1) is 22.7 Å². The largest absolute Gasteiger partial charge is 0.488 e. The Hall–Kier alpha value is -3.29. The second kappa shape index (κ2) is 20.3. The van der Waals surface area contributed by atoms with Gasteiger partial charge in [-0.3, -0.25) is 4.79 Å². The number of ketones is 1. The number of hydrogen-bond donors (Lipinski definition) is 0. The minimum absolute atomic E-state index is 0.0341. The maximum atomic E-state index is 14.3. The van der Waals surface area contributed by atoms with E-state index in [1.807, 2.05) is 0 Å². The maximum Gasteiger partial charge on any atom is 0.194 e. The van der Waals surface area contributed by atoms with Crippen molar-refractivity contribution in [2.45, 2.75) is 156 Å².